The van der Waals surface area contributed by atoms with E-state index >= 15 is 0 Å². The van der Waals surface area contributed by atoms with E-state index in [2.05, 4.69) is 21.4 Å². The molecule has 90 valence electrons. The highest BCUT2D eigenvalue weighted by Crippen LogP contribution is 2.27. The zero-order chi connectivity index (χ0) is 12.3. The molecular weight excluding hydrogens is 304 g/mol. The predicted molar refractivity (Wildman–Crippen MR) is 71.6 cm³/mol. The van der Waals surface area contributed by atoms with Gasteiger partial charge in [-0.3, -0.25) is 11.3 Å². The average Bonchev–Trinajstić information content (AvgIpc) is 2.82. The van der Waals surface area contributed by atoms with E-state index in [9.17, 15) is 0 Å². The van der Waals surface area contributed by atoms with Gasteiger partial charge < -0.3 is 4.42 Å². The van der Waals surface area contributed by atoms with Crippen LogP contribution in [0.3, 0.4) is 0 Å². The fraction of sp³-hybridized carbons (Fsp3) is 0.167. The van der Waals surface area contributed by atoms with Gasteiger partial charge in [0.05, 0.1) is 17.3 Å². The summed E-state index contributed by atoms with van der Waals surface area (Å²) in [7, 11) is 0. The Hall–Kier alpha value is -0.810. The molecule has 0 aliphatic rings. The van der Waals surface area contributed by atoms with Crippen LogP contribution in [-0.2, 0) is 6.42 Å². The molecule has 0 aliphatic heterocycles. The van der Waals surface area contributed by atoms with E-state index in [-0.39, 0.29) is 6.04 Å². The molecule has 1 heterocycles. The summed E-state index contributed by atoms with van der Waals surface area (Å²) in [5.74, 6) is 6.44. The van der Waals surface area contributed by atoms with Crippen LogP contribution in [0.2, 0.25) is 5.02 Å². The van der Waals surface area contributed by atoms with Gasteiger partial charge in [-0.05, 0) is 45.8 Å². The molecule has 17 heavy (non-hydrogen) atoms. The molecule has 0 saturated carbocycles. The van der Waals surface area contributed by atoms with Crippen molar-refractivity contribution in [3.05, 3.63) is 57.4 Å². The molecule has 5 heteroatoms. The molecule has 3 nitrogen and oxygen atoms in total. The Morgan fingerprint density at radius 1 is 1.41 bits per heavy atom. The normalized spacial score (nSPS) is 12.6. The third kappa shape index (κ3) is 3.10. The first-order valence-corrected chi connectivity index (χ1v) is 6.31. The molecule has 0 saturated heterocycles. The molecule has 0 radical (unpaired) electrons. The Morgan fingerprint density at radius 2 is 2.24 bits per heavy atom. The standard InChI is InChI=1S/C12H12BrClN2O/c13-10-4-3-8(6-11(10)14)12(16-15)7-9-2-1-5-17-9/h1-6,12,16H,7,15H2. The molecule has 0 amide bonds. The number of halogens is 2. The van der Waals surface area contributed by atoms with Crippen molar-refractivity contribution >= 4 is 27.5 Å². The van der Waals surface area contributed by atoms with Crippen molar-refractivity contribution in [3.8, 4) is 0 Å². The SMILES string of the molecule is NNC(Cc1ccco1)c1ccc(Br)c(Cl)c1. The van der Waals surface area contributed by atoms with Crippen molar-refractivity contribution in [2.75, 3.05) is 0 Å². The molecular formula is C12H12BrClN2O. The van der Waals surface area contributed by atoms with Gasteiger partial charge in [-0.1, -0.05) is 17.7 Å². The second-order valence-electron chi connectivity index (χ2n) is 3.68. The van der Waals surface area contributed by atoms with Crippen LogP contribution >= 0.6 is 27.5 Å². The minimum Gasteiger partial charge on any atom is -0.469 e. The highest BCUT2D eigenvalue weighted by atomic mass is 79.9. The fourth-order valence-electron chi connectivity index (χ4n) is 1.63. The molecule has 1 aromatic heterocycles. The van der Waals surface area contributed by atoms with Crippen molar-refractivity contribution in [1.82, 2.24) is 5.43 Å². The van der Waals surface area contributed by atoms with Crippen LogP contribution in [-0.4, -0.2) is 0 Å². The Bertz CT molecular complexity index is 487. The van der Waals surface area contributed by atoms with E-state index in [1.54, 1.807) is 6.26 Å². The highest BCUT2D eigenvalue weighted by molar-refractivity contribution is 9.10. The number of hydrogen-bond acceptors (Lipinski definition) is 3. The third-order valence-electron chi connectivity index (χ3n) is 2.53. The molecule has 1 atom stereocenters. The minimum absolute atomic E-state index is 0.0215. The maximum absolute atomic E-state index is 6.06. The molecule has 2 aromatic rings. The van der Waals surface area contributed by atoms with Crippen molar-refractivity contribution in [3.63, 3.8) is 0 Å². The van der Waals surface area contributed by atoms with E-state index < -0.39 is 0 Å². The largest absolute Gasteiger partial charge is 0.469 e. The van der Waals surface area contributed by atoms with E-state index in [0.717, 1.165) is 15.8 Å². The Labute approximate surface area is 113 Å². The lowest BCUT2D eigenvalue weighted by Crippen LogP contribution is -2.29. The van der Waals surface area contributed by atoms with Gasteiger partial charge in [0.2, 0.25) is 0 Å². The molecule has 2 rings (SSSR count). The van der Waals surface area contributed by atoms with Crippen LogP contribution in [0.25, 0.3) is 0 Å². The Balaban J connectivity index is 2.20. The summed E-state index contributed by atoms with van der Waals surface area (Å²) in [5, 5.41) is 0.669. The van der Waals surface area contributed by atoms with Crippen LogP contribution in [0.15, 0.2) is 45.5 Å². The van der Waals surface area contributed by atoms with E-state index in [0.29, 0.717) is 11.4 Å². The van der Waals surface area contributed by atoms with Gasteiger partial charge in [-0.25, -0.2) is 0 Å². The zero-order valence-electron chi connectivity index (χ0n) is 8.99. The summed E-state index contributed by atoms with van der Waals surface area (Å²) in [5.41, 5.74) is 3.79. The number of nitrogens with two attached hydrogens (primary N) is 1. The summed E-state index contributed by atoms with van der Waals surface area (Å²) in [6, 6.07) is 9.53. The monoisotopic (exact) mass is 314 g/mol. The molecule has 0 aliphatic carbocycles. The minimum atomic E-state index is -0.0215. The number of hydrogen-bond donors (Lipinski definition) is 2. The third-order valence-corrected chi connectivity index (χ3v) is 3.77. The number of rotatable bonds is 4. The maximum atomic E-state index is 6.06. The molecule has 1 unspecified atom stereocenters. The van der Waals surface area contributed by atoms with Crippen LogP contribution in [0.4, 0.5) is 0 Å². The number of nitrogens with one attached hydrogen (secondary N) is 1. The molecule has 0 fully saturated rings. The topological polar surface area (TPSA) is 51.2 Å². The lowest BCUT2D eigenvalue weighted by molar-refractivity contribution is 0.455. The van der Waals surface area contributed by atoms with Crippen LogP contribution in [0.5, 0.6) is 0 Å². The molecule has 1 aromatic carbocycles. The van der Waals surface area contributed by atoms with Gasteiger partial charge in [0.1, 0.15) is 5.76 Å². The smallest absolute Gasteiger partial charge is 0.105 e. The number of furan rings is 1. The van der Waals surface area contributed by atoms with Gasteiger partial charge in [-0.2, -0.15) is 0 Å². The van der Waals surface area contributed by atoms with Crippen molar-refractivity contribution in [1.29, 1.82) is 0 Å². The molecule has 0 bridgehead atoms. The second kappa shape index (κ2) is 5.69. The van der Waals surface area contributed by atoms with Crippen LogP contribution < -0.4 is 11.3 Å². The predicted octanol–water partition coefficient (Wildman–Crippen LogP) is 3.44. The summed E-state index contributed by atoms with van der Waals surface area (Å²) in [6.07, 6.45) is 2.33. The summed E-state index contributed by atoms with van der Waals surface area (Å²) in [6.45, 7) is 0. The van der Waals surface area contributed by atoms with Crippen LogP contribution in [0, 0.1) is 0 Å². The fourth-order valence-corrected chi connectivity index (χ4v) is 2.07. The number of hydrazine groups is 1. The first-order valence-electron chi connectivity index (χ1n) is 5.14. The number of benzene rings is 1. The Morgan fingerprint density at radius 3 is 2.82 bits per heavy atom. The zero-order valence-corrected chi connectivity index (χ0v) is 11.3. The molecule has 3 N–H and O–H groups in total. The van der Waals surface area contributed by atoms with Gasteiger partial charge in [0.15, 0.2) is 0 Å². The van der Waals surface area contributed by atoms with Crippen molar-refractivity contribution < 1.29 is 4.42 Å². The van der Waals surface area contributed by atoms with E-state index in [1.165, 1.54) is 0 Å². The lowest BCUT2D eigenvalue weighted by Gasteiger charge is -2.15. The summed E-state index contributed by atoms with van der Waals surface area (Å²) >= 11 is 9.42. The highest BCUT2D eigenvalue weighted by Gasteiger charge is 2.13. The lowest BCUT2D eigenvalue weighted by atomic mass is 10.0. The second-order valence-corrected chi connectivity index (χ2v) is 4.94. The summed E-state index contributed by atoms with van der Waals surface area (Å²) < 4.78 is 6.18. The first kappa shape index (κ1) is 12.6. The van der Waals surface area contributed by atoms with Crippen molar-refractivity contribution in [2.45, 2.75) is 12.5 Å². The molecule has 0 spiro atoms. The maximum Gasteiger partial charge on any atom is 0.105 e. The quantitative estimate of drug-likeness (QED) is 0.671. The van der Waals surface area contributed by atoms with Gasteiger partial charge >= 0.3 is 0 Å². The van der Waals surface area contributed by atoms with Crippen LogP contribution in [0.1, 0.15) is 17.4 Å². The van der Waals surface area contributed by atoms with Crippen molar-refractivity contribution in [2.24, 2.45) is 5.84 Å². The first-order chi connectivity index (χ1) is 8.20. The Kier molecular flexibility index (Phi) is 4.23. The van der Waals surface area contributed by atoms with Gasteiger partial charge in [0.25, 0.3) is 0 Å². The summed E-state index contributed by atoms with van der Waals surface area (Å²) in [4.78, 5) is 0. The van der Waals surface area contributed by atoms with E-state index in [4.69, 9.17) is 21.9 Å². The van der Waals surface area contributed by atoms with Gasteiger partial charge in [-0.15, -0.1) is 0 Å². The van der Waals surface area contributed by atoms with Gasteiger partial charge in [0, 0.05) is 10.9 Å². The average molecular weight is 316 g/mol. The van der Waals surface area contributed by atoms with E-state index in [1.807, 2.05) is 30.3 Å².